The molecule has 3 rings (SSSR count). The van der Waals surface area contributed by atoms with Crippen LogP contribution in [0.1, 0.15) is 16.3 Å². The van der Waals surface area contributed by atoms with Gasteiger partial charge < -0.3 is 8.83 Å². The van der Waals surface area contributed by atoms with E-state index in [9.17, 15) is 4.79 Å². The van der Waals surface area contributed by atoms with Crippen LogP contribution in [0.2, 0.25) is 0 Å². The van der Waals surface area contributed by atoms with Crippen LogP contribution in [-0.4, -0.2) is 12.1 Å². The van der Waals surface area contributed by atoms with Crippen LogP contribution in [0.3, 0.4) is 0 Å². The zero-order valence-electron chi connectivity index (χ0n) is 11.3. The Hall–Kier alpha value is -2.60. The van der Waals surface area contributed by atoms with Gasteiger partial charge in [-0.15, -0.1) is 0 Å². The summed E-state index contributed by atoms with van der Waals surface area (Å²) >= 11 is 3.39. The van der Waals surface area contributed by atoms with E-state index in [2.05, 4.69) is 26.5 Å². The number of halogens is 1. The summed E-state index contributed by atoms with van der Waals surface area (Å²) in [5.41, 5.74) is 3.32. The van der Waals surface area contributed by atoms with Crippen LogP contribution in [0.5, 0.6) is 0 Å². The molecule has 3 aromatic rings. The van der Waals surface area contributed by atoms with Gasteiger partial charge in [0.05, 0.1) is 12.5 Å². The Morgan fingerprint density at radius 1 is 1.14 bits per heavy atom. The van der Waals surface area contributed by atoms with Gasteiger partial charge in [0, 0.05) is 10.0 Å². The van der Waals surface area contributed by atoms with E-state index in [1.54, 1.807) is 18.2 Å². The summed E-state index contributed by atoms with van der Waals surface area (Å²) < 4.78 is 11.6. The molecular weight excluding hydrogens is 348 g/mol. The van der Waals surface area contributed by atoms with E-state index in [4.69, 9.17) is 8.83 Å². The van der Waals surface area contributed by atoms with Gasteiger partial charge in [0.2, 0.25) is 0 Å². The lowest BCUT2D eigenvalue weighted by Crippen LogP contribution is -2.16. The number of carbonyl (C=O) groups is 1. The second-order valence-electron chi connectivity index (χ2n) is 4.39. The van der Waals surface area contributed by atoms with E-state index in [-0.39, 0.29) is 5.76 Å². The maximum atomic E-state index is 11.6. The Morgan fingerprint density at radius 2 is 1.95 bits per heavy atom. The van der Waals surface area contributed by atoms with E-state index >= 15 is 0 Å². The fourth-order valence-electron chi connectivity index (χ4n) is 1.81. The van der Waals surface area contributed by atoms with Crippen molar-refractivity contribution >= 4 is 28.1 Å². The minimum absolute atomic E-state index is 0.201. The average molecular weight is 359 g/mol. The predicted octanol–water partition coefficient (Wildman–Crippen LogP) is 4.07. The smallest absolute Gasteiger partial charge is 0.307 e. The van der Waals surface area contributed by atoms with Gasteiger partial charge in [-0.05, 0) is 36.4 Å². The van der Waals surface area contributed by atoms with Crippen molar-refractivity contribution in [3.63, 3.8) is 0 Å². The first-order valence-electron chi connectivity index (χ1n) is 6.45. The monoisotopic (exact) mass is 358 g/mol. The molecule has 0 radical (unpaired) electrons. The zero-order valence-corrected chi connectivity index (χ0v) is 12.9. The minimum atomic E-state index is -0.416. The topological polar surface area (TPSA) is 67.7 Å². The Labute approximate surface area is 134 Å². The number of furan rings is 2. The highest BCUT2D eigenvalue weighted by Crippen LogP contribution is 2.23. The molecule has 6 heteroatoms. The van der Waals surface area contributed by atoms with Crippen molar-refractivity contribution in [1.82, 2.24) is 5.43 Å². The number of rotatable bonds is 4. The van der Waals surface area contributed by atoms with Gasteiger partial charge in [0.1, 0.15) is 11.5 Å². The molecule has 0 saturated carbocycles. The van der Waals surface area contributed by atoms with Gasteiger partial charge >= 0.3 is 5.91 Å². The molecular formula is C16H11BrN2O3. The molecule has 1 N–H and O–H groups in total. The van der Waals surface area contributed by atoms with E-state index in [1.807, 2.05) is 30.3 Å². The molecule has 1 aromatic carbocycles. The van der Waals surface area contributed by atoms with Gasteiger partial charge in [0.25, 0.3) is 0 Å². The fraction of sp³-hybridized carbons (Fsp3) is 0. The van der Waals surface area contributed by atoms with E-state index in [0.717, 1.165) is 15.8 Å². The molecule has 22 heavy (non-hydrogen) atoms. The van der Waals surface area contributed by atoms with Crippen molar-refractivity contribution in [2.45, 2.75) is 0 Å². The first kappa shape index (κ1) is 14.3. The number of hydrogen-bond acceptors (Lipinski definition) is 4. The molecule has 0 aliphatic heterocycles. The van der Waals surface area contributed by atoms with Crippen molar-refractivity contribution in [1.29, 1.82) is 0 Å². The van der Waals surface area contributed by atoms with Crippen LogP contribution < -0.4 is 5.43 Å². The highest BCUT2D eigenvalue weighted by Gasteiger charge is 2.06. The lowest BCUT2D eigenvalue weighted by molar-refractivity contribution is 0.0927. The van der Waals surface area contributed by atoms with Crippen LogP contribution in [0.25, 0.3) is 11.3 Å². The van der Waals surface area contributed by atoms with Crippen LogP contribution in [0.4, 0.5) is 0 Å². The first-order valence-corrected chi connectivity index (χ1v) is 7.24. The van der Waals surface area contributed by atoms with Gasteiger partial charge in [-0.3, -0.25) is 4.79 Å². The van der Waals surface area contributed by atoms with E-state index < -0.39 is 5.91 Å². The fourth-order valence-corrected chi connectivity index (χ4v) is 2.07. The third-order valence-corrected chi connectivity index (χ3v) is 3.39. The van der Waals surface area contributed by atoms with Crippen molar-refractivity contribution in [2.24, 2.45) is 5.10 Å². The molecule has 0 atom stereocenters. The third kappa shape index (κ3) is 3.35. The summed E-state index contributed by atoms with van der Waals surface area (Å²) in [6, 6.07) is 14.6. The van der Waals surface area contributed by atoms with Crippen molar-refractivity contribution < 1.29 is 13.6 Å². The molecule has 0 fully saturated rings. The summed E-state index contributed by atoms with van der Waals surface area (Å²) in [4.78, 5) is 11.6. The first-order chi connectivity index (χ1) is 10.7. The molecule has 0 aliphatic carbocycles. The molecule has 110 valence electrons. The van der Waals surface area contributed by atoms with Gasteiger partial charge in [-0.2, -0.15) is 5.10 Å². The Kier molecular flexibility index (Phi) is 4.20. The normalized spacial score (nSPS) is 11.0. The van der Waals surface area contributed by atoms with Crippen LogP contribution >= 0.6 is 15.9 Å². The Bertz CT molecular complexity index is 789. The molecule has 2 heterocycles. The molecule has 0 spiro atoms. The zero-order chi connectivity index (χ0) is 15.4. The van der Waals surface area contributed by atoms with Gasteiger partial charge in [-0.1, -0.05) is 28.1 Å². The minimum Gasteiger partial charge on any atom is -0.459 e. The standard InChI is InChI=1S/C16H11BrN2O3/c17-12-5-3-11(4-6-12)14-8-7-13(22-14)10-18-19-16(20)15-2-1-9-21-15/h1-10H,(H,19,20)/b18-10+. The van der Waals surface area contributed by atoms with Crippen LogP contribution in [0, 0.1) is 0 Å². The molecule has 1 amide bonds. The van der Waals surface area contributed by atoms with Crippen LogP contribution in [-0.2, 0) is 0 Å². The highest BCUT2D eigenvalue weighted by atomic mass is 79.9. The Morgan fingerprint density at radius 3 is 2.68 bits per heavy atom. The quantitative estimate of drug-likeness (QED) is 0.564. The summed E-state index contributed by atoms with van der Waals surface area (Å²) in [6.07, 6.45) is 2.86. The second kappa shape index (κ2) is 6.44. The maximum Gasteiger partial charge on any atom is 0.307 e. The largest absolute Gasteiger partial charge is 0.459 e. The van der Waals surface area contributed by atoms with Crippen LogP contribution in [0.15, 0.2) is 73.2 Å². The lowest BCUT2D eigenvalue weighted by atomic mass is 10.2. The van der Waals surface area contributed by atoms with E-state index in [1.165, 1.54) is 12.5 Å². The number of nitrogens with zero attached hydrogens (tertiary/aromatic N) is 1. The average Bonchev–Trinajstić information content (AvgIpc) is 3.19. The van der Waals surface area contributed by atoms with Crippen molar-refractivity contribution in [2.75, 3.05) is 0 Å². The predicted molar refractivity (Wildman–Crippen MR) is 85.6 cm³/mol. The summed E-state index contributed by atoms with van der Waals surface area (Å²) in [5, 5.41) is 3.83. The van der Waals surface area contributed by atoms with Crippen molar-refractivity contribution in [3.8, 4) is 11.3 Å². The molecule has 0 saturated heterocycles. The summed E-state index contributed by atoms with van der Waals surface area (Å²) in [5.74, 6) is 1.05. The maximum absolute atomic E-state index is 11.6. The molecule has 2 aromatic heterocycles. The molecule has 0 aliphatic rings. The van der Waals surface area contributed by atoms with Crippen molar-refractivity contribution in [3.05, 3.63) is 70.8 Å². The second-order valence-corrected chi connectivity index (χ2v) is 5.30. The lowest BCUT2D eigenvalue weighted by Gasteiger charge is -1.96. The number of benzene rings is 1. The number of carbonyl (C=O) groups excluding carboxylic acids is 1. The molecule has 0 bridgehead atoms. The van der Waals surface area contributed by atoms with Gasteiger partial charge in [0.15, 0.2) is 5.76 Å². The SMILES string of the molecule is O=C(N/N=C/c1ccc(-c2ccc(Br)cc2)o1)c1ccco1. The highest BCUT2D eigenvalue weighted by molar-refractivity contribution is 9.10. The summed E-state index contributed by atoms with van der Waals surface area (Å²) in [6.45, 7) is 0. The number of hydrogen-bond donors (Lipinski definition) is 1. The third-order valence-electron chi connectivity index (χ3n) is 2.86. The molecule has 0 unspecified atom stereocenters. The molecule has 5 nitrogen and oxygen atoms in total. The number of hydrazone groups is 1. The summed E-state index contributed by atoms with van der Waals surface area (Å²) in [7, 11) is 0. The van der Waals surface area contributed by atoms with E-state index in [0.29, 0.717) is 5.76 Å². The number of nitrogens with one attached hydrogen (secondary N) is 1. The van der Waals surface area contributed by atoms with Gasteiger partial charge in [-0.25, -0.2) is 5.43 Å². The Balaban J connectivity index is 1.65. The number of amides is 1.